The molecule has 0 bridgehead atoms. The lowest BCUT2D eigenvalue weighted by Crippen LogP contribution is -2.51. The van der Waals surface area contributed by atoms with Crippen molar-refractivity contribution in [2.24, 2.45) is 0 Å². The van der Waals surface area contributed by atoms with Gasteiger partial charge in [0.05, 0.1) is 17.7 Å². The van der Waals surface area contributed by atoms with Gasteiger partial charge in [0.1, 0.15) is 18.3 Å². The number of anilines is 1. The molecule has 0 saturated carbocycles. The molecule has 0 aliphatic rings. The van der Waals surface area contributed by atoms with Gasteiger partial charge in [-0.2, -0.15) is 0 Å². The van der Waals surface area contributed by atoms with E-state index in [2.05, 4.69) is 5.32 Å². The Morgan fingerprint density at radius 3 is 2.27 bits per heavy atom. The number of aryl methyl sites for hydroxylation is 1. The molecule has 220 valence electrons. The number of nitrogens with zero attached hydrogens (tertiary/aromatic N) is 2. The predicted octanol–water partition coefficient (Wildman–Crippen LogP) is 5.49. The van der Waals surface area contributed by atoms with Crippen LogP contribution in [0.1, 0.15) is 43.4 Å². The molecule has 3 aromatic rings. The summed E-state index contributed by atoms with van der Waals surface area (Å²) in [7, 11) is -2.61. The van der Waals surface area contributed by atoms with Gasteiger partial charge in [-0.25, -0.2) is 8.42 Å². The molecular weight excluding hydrogens is 562 g/mol. The van der Waals surface area contributed by atoms with Crippen molar-refractivity contribution >= 4 is 39.1 Å². The van der Waals surface area contributed by atoms with Crippen LogP contribution in [0.15, 0.2) is 71.6 Å². The van der Waals surface area contributed by atoms with Crippen molar-refractivity contribution in [2.75, 3.05) is 24.5 Å². The maximum absolute atomic E-state index is 14.0. The number of hydrogen-bond donors (Lipinski definition) is 1. The fraction of sp³-hybridized carbons (Fsp3) is 0.355. The van der Waals surface area contributed by atoms with E-state index in [4.69, 9.17) is 16.3 Å². The molecule has 1 N–H and O–H groups in total. The van der Waals surface area contributed by atoms with E-state index < -0.39 is 28.5 Å². The molecule has 3 rings (SSSR count). The van der Waals surface area contributed by atoms with Crippen molar-refractivity contribution in [3.05, 3.63) is 88.4 Å². The van der Waals surface area contributed by atoms with Crippen LogP contribution in [0.2, 0.25) is 5.02 Å². The number of halogens is 1. The minimum atomic E-state index is -4.17. The maximum Gasteiger partial charge on any atom is 0.264 e. The van der Waals surface area contributed by atoms with E-state index in [1.54, 1.807) is 63.4 Å². The SMILES string of the molecule is CCCCNC(=O)[C@@H](C)N(Cc1ccc(OC)cc1)C(=O)CN(c1cccc(Cl)c1C)S(=O)(=O)c1ccc(C)cc1. The van der Waals surface area contributed by atoms with E-state index in [1.165, 1.54) is 17.0 Å². The van der Waals surface area contributed by atoms with Crippen molar-refractivity contribution in [2.45, 2.75) is 58.0 Å². The van der Waals surface area contributed by atoms with Crippen molar-refractivity contribution < 1.29 is 22.7 Å². The highest BCUT2D eigenvalue weighted by atomic mass is 35.5. The van der Waals surface area contributed by atoms with E-state index in [9.17, 15) is 18.0 Å². The molecule has 41 heavy (non-hydrogen) atoms. The summed E-state index contributed by atoms with van der Waals surface area (Å²) in [5.41, 5.74) is 2.47. The Labute approximate surface area is 248 Å². The maximum atomic E-state index is 14.0. The monoisotopic (exact) mass is 599 g/mol. The number of ether oxygens (including phenoxy) is 1. The van der Waals surface area contributed by atoms with Crippen LogP contribution >= 0.6 is 11.6 Å². The molecular formula is C31H38ClN3O5S. The number of methoxy groups -OCH3 is 1. The molecule has 0 fully saturated rings. The molecule has 0 spiro atoms. The van der Waals surface area contributed by atoms with E-state index in [1.807, 2.05) is 26.0 Å². The molecule has 0 heterocycles. The summed E-state index contributed by atoms with van der Waals surface area (Å²) in [6.45, 7) is 7.29. The highest BCUT2D eigenvalue weighted by Crippen LogP contribution is 2.31. The Kier molecular flexibility index (Phi) is 11.2. The van der Waals surface area contributed by atoms with Crippen LogP contribution in [-0.4, -0.2) is 51.4 Å². The average molecular weight is 600 g/mol. The van der Waals surface area contributed by atoms with Crippen LogP contribution in [0.25, 0.3) is 0 Å². The largest absolute Gasteiger partial charge is 0.497 e. The third kappa shape index (κ3) is 8.01. The van der Waals surface area contributed by atoms with Gasteiger partial charge in [-0.05, 0) is 74.7 Å². The number of carbonyl (C=O) groups excluding carboxylic acids is 2. The minimum absolute atomic E-state index is 0.0438. The number of unbranched alkanes of at least 4 members (excludes halogenated alkanes) is 1. The number of carbonyl (C=O) groups is 2. The fourth-order valence-corrected chi connectivity index (χ4v) is 5.90. The molecule has 0 unspecified atom stereocenters. The van der Waals surface area contributed by atoms with Gasteiger partial charge in [-0.1, -0.05) is 60.8 Å². The fourth-order valence-electron chi connectivity index (χ4n) is 4.26. The van der Waals surface area contributed by atoms with Gasteiger partial charge in [0.2, 0.25) is 11.8 Å². The lowest BCUT2D eigenvalue weighted by molar-refractivity contribution is -0.139. The quantitative estimate of drug-likeness (QED) is 0.262. The summed E-state index contributed by atoms with van der Waals surface area (Å²) in [6.07, 6.45) is 1.72. The van der Waals surface area contributed by atoms with E-state index in [0.717, 1.165) is 28.3 Å². The van der Waals surface area contributed by atoms with E-state index in [-0.39, 0.29) is 23.0 Å². The number of nitrogens with one attached hydrogen (secondary N) is 1. The van der Waals surface area contributed by atoms with Crippen molar-refractivity contribution in [1.82, 2.24) is 10.2 Å². The third-order valence-corrected chi connectivity index (χ3v) is 9.09. The number of sulfonamides is 1. The van der Waals surface area contributed by atoms with Crippen LogP contribution in [0, 0.1) is 13.8 Å². The summed E-state index contributed by atoms with van der Waals surface area (Å²) < 4.78 is 34.3. The molecule has 0 radical (unpaired) electrons. The number of benzene rings is 3. The Morgan fingerprint density at radius 2 is 1.66 bits per heavy atom. The van der Waals surface area contributed by atoms with Crippen LogP contribution in [0.5, 0.6) is 5.75 Å². The van der Waals surface area contributed by atoms with Gasteiger partial charge in [0, 0.05) is 18.1 Å². The zero-order chi connectivity index (χ0) is 30.2. The first-order chi connectivity index (χ1) is 19.5. The number of rotatable bonds is 13. The molecule has 3 aromatic carbocycles. The Morgan fingerprint density at radius 1 is 1.00 bits per heavy atom. The predicted molar refractivity (Wildman–Crippen MR) is 163 cm³/mol. The summed E-state index contributed by atoms with van der Waals surface area (Å²) >= 11 is 6.38. The van der Waals surface area contributed by atoms with Crippen molar-refractivity contribution in [3.63, 3.8) is 0 Å². The molecule has 1 atom stereocenters. The van der Waals surface area contributed by atoms with Gasteiger partial charge in [0.25, 0.3) is 10.0 Å². The smallest absolute Gasteiger partial charge is 0.264 e. The summed E-state index contributed by atoms with van der Waals surface area (Å²) in [5, 5.41) is 3.26. The average Bonchev–Trinajstić information content (AvgIpc) is 2.96. The van der Waals surface area contributed by atoms with Crippen LogP contribution in [0.4, 0.5) is 5.69 Å². The van der Waals surface area contributed by atoms with E-state index in [0.29, 0.717) is 22.9 Å². The van der Waals surface area contributed by atoms with Gasteiger partial charge in [-0.3, -0.25) is 13.9 Å². The molecule has 0 saturated heterocycles. The Hall–Kier alpha value is -3.56. The number of amides is 2. The second kappa shape index (κ2) is 14.4. The summed E-state index contributed by atoms with van der Waals surface area (Å²) in [5.74, 6) is -0.190. The van der Waals surface area contributed by atoms with Crippen LogP contribution in [0.3, 0.4) is 0 Å². The first-order valence-corrected chi connectivity index (χ1v) is 15.4. The van der Waals surface area contributed by atoms with E-state index >= 15 is 0 Å². The molecule has 0 aromatic heterocycles. The lowest BCUT2D eigenvalue weighted by atomic mass is 10.1. The Balaban J connectivity index is 2.03. The molecule has 0 aliphatic carbocycles. The second-order valence-corrected chi connectivity index (χ2v) is 12.2. The second-order valence-electron chi connectivity index (χ2n) is 9.90. The first-order valence-electron chi connectivity index (χ1n) is 13.5. The minimum Gasteiger partial charge on any atom is -0.497 e. The zero-order valence-corrected chi connectivity index (χ0v) is 25.8. The summed E-state index contributed by atoms with van der Waals surface area (Å²) in [6, 6.07) is 17.7. The zero-order valence-electron chi connectivity index (χ0n) is 24.2. The van der Waals surface area contributed by atoms with Crippen LogP contribution in [-0.2, 0) is 26.2 Å². The first kappa shape index (κ1) is 32.0. The van der Waals surface area contributed by atoms with Crippen LogP contribution < -0.4 is 14.4 Å². The number of hydrogen-bond acceptors (Lipinski definition) is 5. The van der Waals surface area contributed by atoms with Gasteiger partial charge in [0.15, 0.2) is 0 Å². The Bertz CT molecular complexity index is 1440. The topological polar surface area (TPSA) is 96.0 Å². The lowest BCUT2D eigenvalue weighted by Gasteiger charge is -2.32. The molecule has 0 aliphatic heterocycles. The third-order valence-electron chi connectivity index (χ3n) is 6.90. The molecule has 8 nitrogen and oxygen atoms in total. The standard InChI is InChI=1S/C31H38ClN3O5S/c1-6-7-19-33-31(37)24(4)34(20-25-13-15-26(40-5)16-14-25)30(36)21-35(29-10-8-9-28(32)23(29)3)41(38,39)27-17-11-22(2)12-18-27/h8-18,24H,6-7,19-21H2,1-5H3,(H,33,37)/t24-/m1/s1. The van der Waals surface area contributed by atoms with Gasteiger partial charge < -0.3 is 15.0 Å². The molecule has 2 amide bonds. The molecule has 10 heteroatoms. The highest BCUT2D eigenvalue weighted by molar-refractivity contribution is 7.92. The van der Waals surface area contributed by atoms with Crippen molar-refractivity contribution in [3.8, 4) is 5.75 Å². The van der Waals surface area contributed by atoms with Crippen molar-refractivity contribution in [1.29, 1.82) is 0 Å². The summed E-state index contributed by atoms with van der Waals surface area (Å²) in [4.78, 5) is 28.6. The van der Waals surface area contributed by atoms with Gasteiger partial charge in [-0.15, -0.1) is 0 Å². The normalized spacial score (nSPS) is 12.0. The van der Waals surface area contributed by atoms with Gasteiger partial charge >= 0.3 is 0 Å². The highest BCUT2D eigenvalue weighted by Gasteiger charge is 2.33.